The van der Waals surface area contributed by atoms with Crippen molar-refractivity contribution >= 4 is 23.0 Å². The van der Waals surface area contributed by atoms with Crippen LogP contribution in [-0.2, 0) is 11.3 Å². The first-order valence-electron chi connectivity index (χ1n) is 7.90. The number of imidazole rings is 1. The Labute approximate surface area is 154 Å². The zero-order chi connectivity index (χ0) is 18.5. The second-order valence-electron chi connectivity index (χ2n) is 5.54. The van der Waals surface area contributed by atoms with Gasteiger partial charge < -0.3 is 9.84 Å². The highest BCUT2D eigenvalue weighted by molar-refractivity contribution is 6.29. The number of rotatable bonds is 7. The molecule has 0 radical (unpaired) electrons. The zero-order valence-corrected chi connectivity index (χ0v) is 14.5. The molecule has 7 nitrogen and oxygen atoms in total. The number of Topliss-reactive ketones (excluding diaryl/α,β-unsaturated/α-hetero) is 1. The Hall–Kier alpha value is -2.95. The van der Waals surface area contributed by atoms with Crippen LogP contribution in [0.5, 0.6) is 5.88 Å². The third kappa shape index (κ3) is 3.67. The van der Waals surface area contributed by atoms with E-state index < -0.39 is 11.7 Å². The topological polar surface area (TPSA) is 95.1 Å². The number of halogens is 1. The Bertz CT molecular complexity index is 977. The van der Waals surface area contributed by atoms with Gasteiger partial charge in [-0.2, -0.15) is 5.26 Å². The highest BCUT2D eigenvalue weighted by Crippen LogP contribution is 2.18. The number of carbonyl (C=O) groups excluding carboxylic acids is 1. The van der Waals surface area contributed by atoms with Gasteiger partial charge in [0.15, 0.2) is 0 Å². The summed E-state index contributed by atoms with van der Waals surface area (Å²) in [6.45, 7) is 0.177. The number of nitrogens with zero attached hydrogens (tertiary/aromatic N) is 4. The van der Waals surface area contributed by atoms with Crippen molar-refractivity contribution in [3.05, 3.63) is 59.1 Å². The number of nitriles is 1. The van der Waals surface area contributed by atoms with Crippen molar-refractivity contribution in [2.75, 3.05) is 13.2 Å². The normalized spacial score (nSPS) is 10.8. The number of ether oxygens (including phenoxy) is 1. The number of pyridine rings is 2. The summed E-state index contributed by atoms with van der Waals surface area (Å²) in [6.07, 6.45) is 3.40. The lowest BCUT2D eigenvalue weighted by atomic mass is 10.2. The summed E-state index contributed by atoms with van der Waals surface area (Å²) < 4.78 is 8.26. The molecule has 3 heterocycles. The summed E-state index contributed by atoms with van der Waals surface area (Å²) in [5.41, 5.74) is 1.42. The van der Waals surface area contributed by atoms with Gasteiger partial charge in [-0.05, 0) is 12.1 Å². The molecule has 26 heavy (non-hydrogen) atoms. The van der Waals surface area contributed by atoms with Crippen LogP contribution in [0.1, 0.15) is 22.5 Å². The van der Waals surface area contributed by atoms with E-state index >= 15 is 0 Å². The van der Waals surface area contributed by atoms with Gasteiger partial charge in [0.2, 0.25) is 11.5 Å². The van der Waals surface area contributed by atoms with E-state index in [2.05, 4.69) is 4.98 Å². The molecule has 0 spiro atoms. The average Bonchev–Trinajstić information content (AvgIpc) is 2.93. The molecule has 0 atom stereocenters. The van der Waals surface area contributed by atoms with E-state index in [1.807, 2.05) is 6.07 Å². The molecule has 0 aromatic carbocycles. The molecule has 132 valence electrons. The minimum atomic E-state index is -0.432. The van der Waals surface area contributed by atoms with Crippen LogP contribution in [0.3, 0.4) is 0 Å². The van der Waals surface area contributed by atoms with Gasteiger partial charge in [0.25, 0.3) is 5.65 Å². The number of carbonyl (C=O) groups is 1. The largest absolute Gasteiger partial charge is 0.839 e. The van der Waals surface area contributed by atoms with E-state index in [1.54, 1.807) is 47.3 Å². The van der Waals surface area contributed by atoms with Gasteiger partial charge in [0.1, 0.15) is 24.2 Å². The third-order valence-corrected chi connectivity index (χ3v) is 4.01. The summed E-state index contributed by atoms with van der Waals surface area (Å²) in [7, 11) is 0. The van der Waals surface area contributed by atoms with Gasteiger partial charge in [-0.25, -0.2) is 14.0 Å². The highest BCUT2D eigenvalue weighted by Gasteiger charge is 2.26. The molecule has 0 unspecified atom stereocenters. The first-order valence-corrected chi connectivity index (χ1v) is 8.28. The van der Waals surface area contributed by atoms with Crippen molar-refractivity contribution in [3.8, 4) is 11.9 Å². The van der Waals surface area contributed by atoms with Crippen LogP contribution in [0.4, 0.5) is 0 Å². The van der Waals surface area contributed by atoms with Gasteiger partial charge >= 0.3 is 0 Å². The molecule has 0 aliphatic carbocycles. The van der Waals surface area contributed by atoms with Crippen molar-refractivity contribution in [1.29, 1.82) is 5.26 Å². The molecule has 0 bridgehead atoms. The first kappa shape index (κ1) is 17.9. The lowest BCUT2D eigenvalue weighted by Crippen LogP contribution is -2.24. The van der Waals surface area contributed by atoms with Crippen molar-refractivity contribution in [3.63, 3.8) is 0 Å². The Kier molecular flexibility index (Phi) is 5.46. The van der Waals surface area contributed by atoms with E-state index in [0.717, 1.165) is 5.56 Å². The maximum Gasteiger partial charge on any atom is 0.286 e. The van der Waals surface area contributed by atoms with Crippen molar-refractivity contribution in [2.24, 2.45) is 0 Å². The molecule has 0 saturated carbocycles. The Balaban J connectivity index is 1.98. The summed E-state index contributed by atoms with van der Waals surface area (Å²) in [4.78, 5) is 16.6. The van der Waals surface area contributed by atoms with Gasteiger partial charge in [-0.15, -0.1) is 0 Å². The predicted molar refractivity (Wildman–Crippen MR) is 90.8 cm³/mol. The monoisotopic (exact) mass is 370 g/mol. The number of fused-ring (bicyclic) bond motifs is 1. The van der Waals surface area contributed by atoms with E-state index in [9.17, 15) is 9.90 Å². The Morgan fingerprint density at radius 1 is 1.38 bits per heavy atom. The Morgan fingerprint density at radius 2 is 2.23 bits per heavy atom. The fraction of sp³-hybridized carbons (Fsp3) is 0.222. The second-order valence-corrected chi connectivity index (χ2v) is 5.93. The van der Waals surface area contributed by atoms with Gasteiger partial charge in [0, 0.05) is 17.8 Å². The summed E-state index contributed by atoms with van der Waals surface area (Å²) in [6, 6.07) is 10.7. The first-order chi connectivity index (χ1) is 12.6. The quantitative estimate of drug-likeness (QED) is 0.272. The molecule has 0 saturated heterocycles. The fourth-order valence-electron chi connectivity index (χ4n) is 2.63. The van der Waals surface area contributed by atoms with E-state index in [-0.39, 0.29) is 25.3 Å². The van der Waals surface area contributed by atoms with Crippen LogP contribution in [0, 0.1) is 11.3 Å². The predicted octanol–water partition coefficient (Wildman–Crippen LogP) is 1.51. The SMILES string of the molecule is N#CCCOCC(=O)c1c([O-])[n+]2ccccc2n1Cc1ccc(Cl)nc1. The van der Waals surface area contributed by atoms with Crippen LogP contribution < -0.4 is 9.51 Å². The van der Waals surface area contributed by atoms with Gasteiger partial charge in [-0.1, -0.05) is 23.7 Å². The van der Waals surface area contributed by atoms with E-state index in [1.165, 1.54) is 4.40 Å². The standard InChI is InChI=1S/C18H15ClN4O3/c19-15-6-5-13(10-21-15)11-23-16-4-1-2-8-22(16)18(25)17(23)14(24)12-26-9-3-7-20/h1-2,4-6,8,10H,3,9,11-12H2. The molecule has 3 rings (SSSR count). The number of aromatic nitrogens is 3. The Morgan fingerprint density at radius 3 is 2.96 bits per heavy atom. The number of hydrogen-bond donors (Lipinski definition) is 0. The minimum absolute atomic E-state index is 0.0307. The molecule has 3 aromatic rings. The minimum Gasteiger partial charge on any atom is -0.839 e. The van der Waals surface area contributed by atoms with E-state index in [0.29, 0.717) is 17.3 Å². The third-order valence-electron chi connectivity index (χ3n) is 3.79. The van der Waals surface area contributed by atoms with Crippen molar-refractivity contribution in [1.82, 2.24) is 9.55 Å². The van der Waals surface area contributed by atoms with Crippen molar-refractivity contribution in [2.45, 2.75) is 13.0 Å². The molecule has 0 aliphatic rings. The summed E-state index contributed by atoms with van der Waals surface area (Å²) >= 11 is 5.81. The van der Waals surface area contributed by atoms with Crippen molar-refractivity contribution < 1.29 is 19.0 Å². The molecular formula is C18H15ClN4O3. The molecule has 0 fully saturated rings. The molecule has 0 amide bonds. The summed E-state index contributed by atoms with van der Waals surface area (Å²) in [5, 5.41) is 21.6. The number of hydrogen-bond acceptors (Lipinski definition) is 5. The highest BCUT2D eigenvalue weighted by atomic mass is 35.5. The number of ketones is 1. The van der Waals surface area contributed by atoms with Crippen LogP contribution in [0.25, 0.3) is 5.65 Å². The lowest BCUT2D eigenvalue weighted by molar-refractivity contribution is -0.582. The van der Waals surface area contributed by atoms with E-state index in [4.69, 9.17) is 21.6 Å². The maximum absolute atomic E-state index is 12.7. The van der Waals surface area contributed by atoms with Crippen LogP contribution >= 0.6 is 11.6 Å². The molecule has 0 N–H and O–H groups in total. The average molecular weight is 371 g/mol. The van der Waals surface area contributed by atoms with Gasteiger partial charge in [0.05, 0.1) is 25.3 Å². The van der Waals surface area contributed by atoms with Crippen LogP contribution in [0.2, 0.25) is 5.15 Å². The smallest absolute Gasteiger partial charge is 0.286 e. The summed E-state index contributed by atoms with van der Waals surface area (Å²) in [5.74, 6) is -0.838. The fourth-order valence-corrected chi connectivity index (χ4v) is 2.75. The molecule has 8 heteroatoms. The molecule has 3 aromatic heterocycles. The molecule has 0 aliphatic heterocycles. The second kappa shape index (κ2) is 7.95. The zero-order valence-electron chi connectivity index (χ0n) is 13.8. The van der Waals surface area contributed by atoms with Crippen LogP contribution in [-0.4, -0.2) is 28.5 Å². The van der Waals surface area contributed by atoms with Gasteiger partial charge in [-0.3, -0.25) is 4.79 Å². The van der Waals surface area contributed by atoms with Crippen LogP contribution in [0.15, 0.2) is 42.7 Å². The maximum atomic E-state index is 12.7. The molecular weight excluding hydrogens is 356 g/mol. The lowest BCUT2D eigenvalue weighted by Gasteiger charge is -2.06.